The number of hydrogen-bond donors (Lipinski definition) is 1. The molecule has 0 amide bonds. The van der Waals surface area contributed by atoms with Crippen molar-refractivity contribution in [3.8, 4) is 5.75 Å². The van der Waals surface area contributed by atoms with Gasteiger partial charge in [0.1, 0.15) is 5.75 Å². The van der Waals surface area contributed by atoms with E-state index >= 15 is 0 Å². The summed E-state index contributed by atoms with van der Waals surface area (Å²) < 4.78 is 5.37. The van der Waals surface area contributed by atoms with Crippen molar-refractivity contribution in [2.45, 2.75) is 25.4 Å². The number of nitrogens with one attached hydrogen (secondary N) is 1. The molecule has 0 spiro atoms. The van der Waals surface area contributed by atoms with Crippen LogP contribution < -0.4 is 10.1 Å². The number of ether oxygens (including phenoxy) is 1. The first-order chi connectivity index (χ1) is 11.2. The van der Waals surface area contributed by atoms with Crippen LogP contribution in [0.2, 0.25) is 5.02 Å². The average Bonchev–Trinajstić information content (AvgIpc) is 3.40. The summed E-state index contributed by atoms with van der Waals surface area (Å²) in [5.74, 6) is 0.678. The standard InChI is InChI=1S/C17H18ClN3OS/c1-22-16-9-13(18)4-7-15(16)20-17(23)21(14-5-6-14)11-12-3-2-8-19-10-12/h2-4,7-10,14H,5-6,11H2,1H3,(H,20,23). The van der Waals surface area contributed by atoms with E-state index in [1.165, 1.54) is 12.8 Å². The predicted octanol–water partition coefficient (Wildman–Crippen LogP) is 4.11. The largest absolute Gasteiger partial charge is 0.495 e. The summed E-state index contributed by atoms with van der Waals surface area (Å²) in [6.07, 6.45) is 5.99. The maximum absolute atomic E-state index is 6.00. The Labute approximate surface area is 146 Å². The van der Waals surface area contributed by atoms with Gasteiger partial charge in [-0.15, -0.1) is 0 Å². The normalized spacial score (nSPS) is 13.5. The van der Waals surface area contributed by atoms with Crippen molar-refractivity contribution in [1.82, 2.24) is 9.88 Å². The topological polar surface area (TPSA) is 37.4 Å². The molecule has 0 bridgehead atoms. The van der Waals surface area contributed by atoms with Gasteiger partial charge in [-0.3, -0.25) is 4.98 Å². The van der Waals surface area contributed by atoms with Crippen molar-refractivity contribution >= 4 is 34.6 Å². The Balaban J connectivity index is 1.74. The molecular formula is C17H18ClN3OS. The minimum atomic E-state index is 0.494. The molecule has 6 heteroatoms. The maximum Gasteiger partial charge on any atom is 0.174 e. The minimum Gasteiger partial charge on any atom is -0.495 e. The molecule has 0 unspecified atom stereocenters. The van der Waals surface area contributed by atoms with Crippen LogP contribution in [0.3, 0.4) is 0 Å². The van der Waals surface area contributed by atoms with Crippen molar-refractivity contribution in [2.24, 2.45) is 0 Å². The zero-order valence-corrected chi connectivity index (χ0v) is 14.4. The minimum absolute atomic E-state index is 0.494. The summed E-state index contributed by atoms with van der Waals surface area (Å²) in [5, 5.41) is 4.61. The first-order valence-electron chi connectivity index (χ1n) is 7.47. The van der Waals surface area contributed by atoms with Crippen LogP contribution in [0, 0.1) is 0 Å². The fourth-order valence-corrected chi connectivity index (χ4v) is 2.88. The number of hydrogen-bond acceptors (Lipinski definition) is 3. The third-order valence-electron chi connectivity index (χ3n) is 3.73. The molecule has 1 aliphatic rings. The lowest BCUT2D eigenvalue weighted by Gasteiger charge is -2.26. The average molecular weight is 348 g/mol. The zero-order valence-electron chi connectivity index (χ0n) is 12.8. The van der Waals surface area contributed by atoms with E-state index in [-0.39, 0.29) is 0 Å². The fourth-order valence-electron chi connectivity index (χ4n) is 2.40. The highest BCUT2D eigenvalue weighted by Crippen LogP contribution is 2.31. The van der Waals surface area contributed by atoms with Gasteiger partial charge < -0.3 is 15.0 Å². The molecule has 1 N–H and O–H groups in total. The van der Waals surface area contributed by atoms with Crippen LogP contribution in [0.4, 0.5) is 5.69 Å². The van der Waals surface area contributed by atoms with Crippen molar-refractivity contribution in [3.05, 3.63) is 53.3 Å². The Bertz CT molecular complexity index is 691. The van der Waals surface area contributed by atoms with Crippen LogP contribution in [0.15, 0.2) is 42.7 Å². The van der Waals surface area contributed by atoms with E-state index in [1.54, 1.807) is 19.4 Å². The van der Waals surface area contributed by atoms with Crippen molar-refractivity contribution in [2.75, 3.05) is 12.4 Å². The predicted molar refractivity (Wildman–Crippen MR) is 97.0 cm³/mol. The Morgan fingerprint density at radius 1 is 1.43 bits per heavy atom. The van der Waals surface area contributed by atoms with E-state index in [0.717, 1.165) is 17.8 Å². The molecule has 1 aromatic carbocycles. The summed E-state index contributed by atoms with van der Waals surface area (Å²) in [5.41, 5.74) is 1.96. The molecule has 0 aliphatic heterocycles. The SMILES string of the molecule is COc1cc(Cl)ccc1NC(=S)N(Cc1cccnc1)C1CC1. The van der Waals surface area contributed by atoms with E-state index in [1.807, 2.05) is 24.4 Å². The first kappa shape index (κ1) is 16.0. The van der Waals surface area contributed by atoms with E-state index in [4.69, 9.17) is 28.6 Å². The molecule has 0 saturated heterocycles. The van der Waals surface area contributed by atoms with Crippen LogP contribution in [0.5, 0.6) is 5.75 Å². The summed E-state index contributed by atoms with van der Waals surface area (Å²) in [6.45, 7) is 0.750. The molecule has 2 aromatic rings. The van der Waals surface area contributed by atoms with Crippen LogP contribution in [0.1, 0.15) is 18.4 Å². The third-order valence-corrected chi connectivity index (χ3v) is 4.30. The van der Waals surface area contributed by atoms with E-state index in [0.29, 0.717) is 21.9 Å². The highest BCUT2D eigenvalue weighted by atomic mass is 35.5. The van der Waals surface area contributed by atoms with Gasteiger partial charge in [-0.25, -0.2) is 0 Å². The van der Waals surface area contributed by atoms with Crippen LogP contribution in [-0.4, -0.2) is 28.1 Å². The number of aromatic nitrogens is 1. The number of anilines is 1. The molecule has 1 aliphatic carbocycles. The molecule has 0 radical (unpaired) electrons. The highest BCUT2D eigenvalue weighted by molar-refractivity contribution is 7.80. The molecule has 23 heavy (non-hydrogen) atoms. The number of methoxy groups -OCH3 is 1. The van der Waals surface area contributed by atoms with Gasteiger partial charge in [0.2, 0.25) is 0 Å². The molecule has 0 atom stereocenters. The summed E-state index contributed by atoms with van der Waals surface area (Å²) in [6, 6.07) is 9.97. The molecule has 3 rings (SSSR count). The molecule has 4 nitrogen and oxygen atoms in total. The van der Waals surface area contributed by atoms with Crippen LogP contribution in [-0.2, 0) is 6.54 Å². The lowest BCUT2D eigenvalue weighted by atomic mass is 10.2. The van der Waals surface area contributed by atoms with E-state index < -0.39 is 0 Å². The fraction of sp³-hybridized carbons (Fsp3) is 0.294. The van der Waals surface area contributed by atoms with Gasteiger partial charge in [-0.1, -0.05) is 17.7 Å². The van der Waals surface area contributed by atoms with Crippen molar-refractivity contribution in [1.29, 1.82) is 0 Å². The van der Waals surface area contributed by atoms with Gasteiger partial charge in [0.05, 0.1) is 12.8 Å². The van der Waals surface area contributed by atoms with Crippen LogP contribution in [0.25, 0.3) is 0 Å². The highest BCUT2D eigenvalue weighted by Gasteiger charge is 2.31. The van der Waals surface area contributed by atoms with Gasteiger partial charge in [0.15, 0.2) is 5.11 Å². The second kappa shape index (κ2) is 7.15. The van der Waals surface area contributed by atoms with Gasteiger partial charge in [-0.05, 0) is 48.8 Å². The quantitative estimate of drug-likeness (QED) is 0.824. The lowest BCUT2D eigenvalue weighted by Crippen LogP contribution is -2.36. The second-order valence-corrected chi connectivity index (χ2v) is 6.32. The van der Waals surface area contributed by atoms with Gasteiger partial charge in [0.25, 0.3) is 0 Å². The molecular weight excluding hydrogens is 330 g/mol. The Morgan fingerprint density at radius 3 is 2.91 bits per heavy atom. The monoisotopic (exact) mass is 347 g/mol. The molecule has 1 heterocycles. The lowest BCUT2D eigenvalue weighted by molar-refractivity contribution is 0.406. The number of rotatable bonds is 5. The Kier molecular flexibility index (Phi) is 4.98. The van der Waals surface area contributed by atoms with Crippen LogP contribution >= 0.6 is 23.8 Å². The number of benzene rings is 1. The summed E-state index contributed by atoms with van der Waals surface area (Å²) in [7, 11) is 1.62. The second-order valence-electron chi connectivity index (χ2n) is 5.50. The molecule has 1 aromatic heterocycles. The summed E-state index contributed by atoms with van der Waals surface area (Å²) >= 11 is 11.6. The zero-order chi connectivity index (χ0) is 16.2. The van der Waals surface area contributed by atoms with E-state index in [9.17, 15) is 0 Å². The Hall–Kier alpha value is -1.85. The van der Waals surface area contributed by atoms with Gasteiger partial charge in [0, 0.05) is 36.1 Å². The molecule has 1 fully saturated rings. The molecule has 1 saturated carbocycles. The van der Waals surface area contributed by atoms with Crippen molar-refractivity contribution < 1.29 is 4.74 Å². The number of thiocarbonyl (C=S) groups is 1. The first-order valence-corrected chi connectivity index (χ1v) is 8.26. The maximum atomic E-state index is 6.00. The van der Waals surface area contributed by atoms with Gasteiger partial charge in [-0.2, -0.15) is 0 Å². The Morgan fingerprint density at radius 2 is 2.26 bits per heavy atom. The smallest absolute Gasteiger partial charge is 0.174 e. The third kappa shape index (κ3) is 4.12. The van der Waals surface area contributed by atoms with Crippen molar-refractivity contribution in [3.63, 3.8) is 0 Å². The summed E-state index contributed by atoms with van der Waals surface area (Å²) in [4.78, 5) is 6.38. The number of halogens is 1. The number of nitrogens with zero attached hydrogens (tertiary/aromatic N) is 2. The van der Waals surface area contributed by atoms with E-state index in [2.05, 4.69) is 21.3 Å². The van der Waals surface area contributed by atoms with Gasteiger partial charge >= 0.3 is 0 Å². The number of pyridine rings is 1. The molecule has 120 valence electrons.